The van der Waals surface area contributed by atoms with Crippen molar-refractivity contribution in [2.24, 2.45) is 0 Å². The zero-order valence-electron chi connectivity index (χ0n) is 19.6. The second kappa shape index (κ2) is 10.5. The molecule has 0 aliphatic rings. The number of amides is 2. The predicted molar refractivity (Wildman–Crippen MR) is 133 cm³/mol. The molecule has 0 spiro atoms. The van der Waals surface area contributed by atoms with E-state index in [1.165, 1.54) is 6.92 Å². The van der Waals surface area contributed by atoms with Crippen LogP contribution in [0.1, 0.15) is 34.0 Å². The molecule has 0 radical (unpaired) electrons. The molecule has 1 aromatic heterocycles. The van der Waals surface area contributed by atoms with E-state index in [-0.39, 0.29) is 23.7 Å². The van der Waals surface area contributed by atoms with E-state index in [2.05, 4.69) is 15.6 Å². The molecule has 2 amide bonds. The van der Waals surface area contributed by atoms with Crippen LogP contribution in [-0.4, -0.2) is 37.5 Å². The summed E-state index contributed by atoms with van der Waals surface area (Å²) in [5.74, 6) is -0.932. The largest absolute Gasteiger partial charge is 0.348 e. The summed E-state index contributed by atoms with van der Waals surface area (Å²) in [4.78, 5) is 30.0. The molecular formula is C25H28N4O4S. The van der Waals surface area contributed by atoms with E-state index in [1.807, 2.05) is 26.0 Å². The van der Waals surface area contributed by atoms with Crippen LogP contribution in [0.2, 0.25) is 0 Å². The molecule has 0 saturated carbocycles. The van der Waals surface area contributed by atoms with Crippen LogP contribution in [0.3, 0.4) is 0 Å². The van der Waals surface area contributed by atoms with Gasteiger partial charge in [0.05, 0.1) is 23.2 Å². The first kappa shape index (κ1) is 24.9. The van der Waals surface area contributed by atoms with Crippen molar-refractivity contribution in [2.75, 3.05) is 15.9 Å². The number of hydrogen-bond donors (Lipinski definition) is 2. The van der Waals surface area contributed by atoms with E-state index in [0.717, 1.165) is 27.3 Å². The maximum atomic E-state index is 13.1. The topological polar surface area (TPSA) is 108 Å². The molecule has 1 atom stereocenters. The quantitative estimate of drug-likeness (QED) is 0.514. The number of nitrogens with one attached hydrogen (secondary N) is 2. The second-order valence-corrected chi connectivity index (χ2v) is 10.0. The number of carbonyl (C=O) groups is 2. The van der Waals surface area contributed by atoms with E-state index in [9.17, 15) is 18.0 Å². The lowest BCUT2D eigenvalue weighted by Gasteiger charge is -2.29. The normalized spacial score (nSPS) is 12.0. The summed E-state index contributed by atoms with van der Waals surface area (Å²) < 4.78 is 26.3. The van der Waals surface area contributed by atoms with Crippen LogP contribution in [0.25, 0.3) is 0 Å². The van der Waals surface area contributed by atoms with Crippen molar-refractivity contribution in [1.82, 2.24) is 10.3 Å². The van der Waals surface area contributed by atoms with Gasteiger partial charge in [-0.05, 0) is 67.8 Å². The molecule has 9 heteroatoms. The highest BCUT2D eigenvalue weighted by Gasteiger charge is 2.30. The van der Waals surface area contributed by atoms with Crippen LogP contribution in [-0.2, 0) is 21.4 Å². The standard InChI is InChI=1S/C25H28N4O4S/c1-17-12-18(2)14-21(13-17)29(34(4,32)33)19(3)24(30)28-23-10-6-5-9-22(23)25(31)27-16-20-8-7-11-26-15-20/h5-15,19H,16H2,1-4H3,(H,27,31)(H,28,30)/t19-/m0/s1. The molecule has 0 aliphatic carbocycles. The van der Waals surface area contributed by atoms with Crippen LogP contribution in [0.15, 0.2) is 67.0 Å². The molecule has 0 fully saturated rings. The number of pyridine rings is 1. The van der Waals surface area contributed by atoms with Crippen molar-refractivity contribution < 1.29 is 18.0 Å². The SMILES string of the molecule is Cc1cc(C)cc(N([C@@H](C)C(=O)Nc2ccccc2C(=O)NCc2cccnc2)S(C)(=O)=O)c1. The number of rotatable bonds is 8. The minimum Gasteiger partial charge on any atom is -0.348 e. The van der Waals surface area contributed by atoms with E-state index < -0.39 is 22.0 Å². The van der Waals surface area contributed by atoms with Crippen LogP contribution < -0.4 is 14.9 Å². The van der Waals surface area contributed by atoms with Crippen molar-refractivity contribution in [3.8, 4) is 0 Å². The van der Waals surface area contributed by atoms with Gasteiger partial charge in [0.2, 0.25) is 15.9 Å². The fourth-order valence-electron chi connectivity index (χ4n) is 3.69. The molecule has 0 aliphatic heterocycles. The van der Waals surface area contributed by atoms with E-state index >= 15 is 0 Å². The number of aromatic nitrogens is 1. The van der Waals surface area contributed by atoms with Gasteiger partial charge in [0.25, 0.3) is 5.91 Å². The van der Waals surface area contributed by atoms with Crippen LogP contribution in [0, 0.1) is 13.8 Å². The molecule has 2 aromatic carbocycles. The summed E-state index contributed by atoms with van der Waals surface area (Å²) in [6.45, 7) is 5.52. The first-order valence-corrected chi connectivity index (χ1v) is 12.6. The molecule has 3 rings (SSSR count). The minimum atomic E-state index is -3.77. The zero-order valence-corrected chi connectivity index (χ0v) is 20.4. The molecular weight excluding hydrogens is 452 g/mol. The zero-order chi connectivity index (χ0) is 24.9. The first-order valence-electron chi connectivity index (χ1n) is 10.7. The molecule has 34 heavy (non-hydrogen) atoms. The van der Waals surface area contributed by atoms with Gasteiger partial charge in [0.15, 0.2) is 0 Å². The van der Waals surface area contributed by atoms with Crippen molar-refractivity contribution in [3.63, 3.8) is 0 Å². The summed E-state index contributed by atoms with van der Waals surface area (Å²) >= 11 is 0. The van der Waals surface area contributed by atoms with E-state index in [1.54, 1.807) is 54.9 Å². The second-order valence-electron chi connectivity index (χ2n) is 8.16. The number of benzene rings is 2. The van der Waals surface area contributed by atoms with E-state index in [4.69, 9.17) is 0 Å². The van der Waals surface area contributed by atoms with Crippen LogP contribution in [0.4, 0.5) is 11.4 Å². The molecule has 1 heterocycles. The third kappa shape index (κ3) is 6.20. The predicted octanol–water partition coefficient (Wildman–Crippen LogP) is 3.42. The number of para-hydroxylation sites is 1. The summed E-state index contributed by atoms with van der Waals surface area (Å²) in [5.41, 5.74) is 3.56. The van der Waals surface area contributed by atoms with Gasteiger partial charge in [-0.15, -0.1) is 0 Å². The van der Waals surface area contributed by atoms with Gasteiger partial charge in [-0.1, -0.05) is 24.3 Å². The molecule has 0 bridgehead atoms. The van der Waals surface area contributed by atoms with Gasteiger partial charge in [-0.2, -0.15) is 0 Å². The Hall–Kier alpha value is -3.72. The van der Waals surface area contributed by atoms with Gasteiger partial charge in [-0.3, -0.25) is 18.9 Å². The lowest BCUT2D eigenvalue weighted by molar-refractivity contribution is -0.116. The van der Waals surface area contributed by atoms with Crippen molar-refractivity contribution in [1.29, 1.82) is 0 Å². The smallest absolute Gasteiger partial charge is 0.253 e. The Kier molecular flexibility index (Phi) is 7.68. The van der Waals surface area contributed by atoms with Crippen LogP contribution in [0.5, 0.6) is 0 Å². The number of nitrogens with zero attached hydrogens (tertiary/aromatic N) is 2. The fraction of sp³-hybridized carbons (Fsp3) is 0.240. The Labute approximate surface area is 200 Å². The highest BCUT2D eigenvalue weighted by Crippen LogP contribution is 2.25. The van der Waals surface area contributed by atoms with Crippen LogP contribution >= 0.6 is 0 Å². The van der Waals surface area contributed by atoms with Crippen molar-refractivity contribution >= 4 is 33.2 Å². The van der Waals surface area contributed by atoms with Gasteiger partial charge < -0.3 is 10.6 Å². The Morgan fingerprint density at radius 2 is 1.71 bits per heavy atom. The van der Waals surface area contributed by atoms with E-state index in [0.29, 0.717) is 5.69 Å². The Morgan fingerprint density at radius 3 is 2.32 bits per heavy atom. The number of sulfonamides is 1. The molecule has 8 nitrogen and oxygen atoms in total. The van der Waals surface area contributed by atoms with Crippen molar-refractivity contribution in [2.45, 2.75) is 33.4 Å². The Balaban J connectivity index is 1.82. The first-order chi connectivity index (χ1) is 16.1. The molecule has 0 saturated heterocycles. The highest BCUT2D eigenvalue weighted by molar-refractivity contribution is 7.92. The monoisotopic (exact) mass is 480 g/mol. The number of carbonyl (C=O) groups excluding carboxylic acids is 2. The average molecular weight is 481 g/mol. The number of hydrogen-bond acceptors (Lipinski definition) is 5. The number of anilines is 2. The average Bonchev–Trinajstić information content (AvgIpc) is 2.77. The summed E-state index contributed by atoms with van der Waals surface area (Å²) in [6, 6.07) is 14.5. The van der Waals surface area contributed by atoms with Gasteiger partial charge in [-0.25, -0.2) is 8.42 Å². The van der Waals surface area contributed by atoms with Gasteiger partial charge >= 0.3 is 0 Å². The lowest BCUT2D eigenvalue weighted by atomic mass is 10.1. The Morgan fingerprint density at radius 1 is 1.03 bits per heavy atom. The lowest BCUT2D eigenvalue weighted by Crippen LogP contribution is -2.45. The summed E-state index contributed by atoms with van der Waals surface area (Å²) in [7, 11) is -3.77. The maximum absolute atomic E-state index is 13.1. The molecule has 0 unspecified atom stereocenters. The highest BCUT2D eigenvalue weighted by atomic mass is 32.2. The summed E-state index contributed by atoms with van der Waals surface area (Å²) in [6.07, 6.45) is 4.37. The Bertz CT molecular complexity index is 1270. The molecule has 178 valence electrons. The molecule has 3 aromatic rings. The van der Waals surface area contributed by atoms with Gasteiger partial charge in [0.1, 0.15) is 6.04 Å². The fourth-order valence-corrected chi connectivity index (χ4v) is 4.85. The minimum absolute atomic E-state index is 0.268. The van der Waals surface area contributed by atoms with Crippen molar-refractivity contribution in [3.05, 3.63) is 89.2 Å². The number of aryl methyl sites for hydroxylation is 2. The molecule has 2 N–H and O–H groups in total. The third-order valence-electron chi connectivity index (χ3n) is 5.15. The third-order valence-corrected chi connectivity index (χ3v) is 6.40. The maximum Gasteiger partial charge on any atom is 0.253 e. The summed E-state index contributed by atoms with van der Waals surface area (Å²) in [5, 5.41) is 5.53. The van der Waals surface area contributed by atoms with Gasteiger partial charge in [0, 0.05) is 18.9 Å².